The number of nitrogens with zero attached hydrogens (tertiary/aromatic N) is 1. The first-order chi connectivity index (χ1) is 9.19. The fraction of sp³-hybridized carbons (Fsp3) is 0.625. The zero-order valence-electron chi connectivity index (χ0n) is 11.7. The van der Waals surface area contributed by atoms with Crippen molar-refractivity contribution in [1.29, 1.82) is 0 Å². The zero-order chi connectivity index (χ0) is 13.3. The van der Waals surface area contributed by atoms with E-state index in [-0.39, 0.29) is 0 Å². The molecular weight excluding hydrogens is 256 g/mol. The normalized spacial score (nSPS) is 22.7. The Balaban J connectivity index is 1.69. The van der Waals surface area contributed by atoms with E-state index in [1.807, 2.05) is 0 Å². The third-order valence-electron chi connectivity index (χ3n) is 4.93. The van der Waals surface area contributed by atoms with Gasteiger partial charge in [-0.15, -0.1) is 0 Å². The number of benzene rings is 1. The number of hydrogen-bond donors (Lipinski definition) is 1. The van der Waals surface area contributed by atoms with E-state index in [0.29, 0.717) is 5.41 Å². The SMILES string of the molecule is Cc1ccc(N2CCC3(CCNCC3)CC2)c(Cl)c1. The number of rotatable bonds is 1. The van der Waals surface area contributed by atoms with Crippen molar-refractivity contribution in [3.63, 3.8) is 0 Å². The van der Waals surface area contributed by atoms with E-state index in [1.54, 1.807) is 0 Å². The van der Waals surface area contributed by atoms with Crippen LogP contribution in [0.1, 0.15) is 31.2 Å². The highest BCUT2D eigenvalue weighted by Gasteiger charge is 2.35. The first kappa shape index (κ1) is 13.3. The van der Waals surface area contributed by atoms with Gasteiger partial charge in [0.05, 0.1) is 10.7 Å². The number of piperidine rings is 2. The van der Waals surface area contributed by atoms with Crippen LogP contribution in [0.25, 0.3) is 0 Å². The summed E-state index contributed by atoms with van der Waals surface area (Å²) in [5.41, 5.74) is 3.07. The van der Waals surface area contributed by atoms with Gasteiger partial charge in [-0.25, -0.2) is 0 Å². The Hall–Kier alpha value is -0.730. The van der Waals surface area contributed by atoms with Crippen molar-refractivity contribution in [3.8, 4) is 0 Å². The molecule has 1 aromatic rings. The van der Waals surface area contributed by atoms with Gasteiger partial charge in [0.25, 0.3) is 0 Å². The second-order valence-corrected chi connectivity index (χ2v) is 6.60. The second-order valence-electron chi connectivity index (χ2n) is 6.19. The molecule has 1 aromatic carbocycles. The minimum absolute atomic E-state index is 0.610. The van der Waals surface area contributed by atoms with E-state index in [2.05, 4.69) is 35.3 Å². The first-order valence-corrected chi connectivity index (χ1v) is 7.78. The highest BCUT2D eigenvalue weighted by molar-refractivity contribution is 6.33. The molecular formula is C16H23ClN2. The zero-order valence-corrected chi connectivity index (χ0v) is 12.5. The molecule has 1 N–H and O–H groups in total. The van der Waals surface area contributed by atoms with E-state index in [0.717, 1.165) is 18.1 Å². The summed E-state index contributed by atoms with van der Waals surface area (Å²) in [4.78, 5) is 2.47. The predicted octanol–water partition coefficient (Wildman–Crippen LogP) is 3.62. The van der Waals surface area contributed by atoms with Crippen molar-refractivity contribution in [2.45, 2.75) is 32.6 Å². The number of nitrogens with one attached hydrogen (secondary N) is 1. The minimum Gasteiger partial charge on any atom is -0.370 e. The van der Waals surface area contributed by atoms with Crippen LogP contribution in [0.3, 0.4) is 0 Å². The molecule has 0 saturated carbocycles. The van der Waals surface area contributed by atoms with Crippen LogP contribution in [-0.2, 0) is 0 Å². The van der Waals surface area contributed by atoms with Crippen LogP contribution in [0.4, 0.5) is 5.69 Å². The van der Waals surface area contributed by atoms with E-state index < -0.39 is 0 Å². The largest absolute Gasteiger partial charge is 0.370 e. The van der Waals surface area contributed by atoms with Gasteiger partial charge in [0.15, 0.2) is 0 Å². The van der Waals surface area contributed by atoms with Crippen LogP contribution in [0, 0.1) is 12.3 Å². The Morgan fingerprint density at radius 1 is 1.11 bits per heavy atom. The van der Waals surface area contributed by atoms with Crippen LogP contribution >= 0.6 is 11.6 Å². The van der Waals surface area contributed by atoms with Gasteiger partial charge in [-0.3, -0.25) is 0 Å². The summed E-state index contributed by atoms with van der Waals surface area (Å²) in [5, 5.41) is 4.38. The maximum Gasteiger partial charge on any atom is 0.0642 e. The molecule has 0 atom stereocenters. The van der Waals surface area contributed by atoms with E-state index >= 15 is 0 Å². The van der Waals surface area contributed by atoms with Gasteiger partial charge in [0.1, 0.15) is 0 Å². The van der Waals surface area contributed by atoms with Crippen molar-refractivity contribution in [2.24, 2.45) is 5.41 Å². The predicted molar refractivity (Wildman–Crippen MR) is 82.2 cm³/mol. The lowest BCUT2D eigenvalue weighted by atomic mass is 9.71. The molecule has 0 aliphatic carbocycles. The molecule has 0 unspecified atom stereocenters. The molecule has 104 valence electrons. The van der Waals surface area contributed by atoms with Crippen molar-refractivity contribution >= 4 is 17.3 Å². The molecule has 3 rings (SSSR count). The fourth-order valence-corrected chi connectivity index (χ4v) is 3.90. The van der Waals surface area contributed by atoms with E-state index in [4.69, 9.17) is 11.6 Å². The van der Waals surface area contributed by atoms with E-state index in [1.165, 1.54) is 50.0 Å². The topological polar surface area (TPSA) is 15.3 Å². The van der Waals surface area contributed by atoms with Crippen molar-refractivity contribution in [3.05, 3.63) is 28.8 Å². The number of halogens is 1. The van der Waals surface area contributed by atoms with Crippen LogP contribution in [0.2, 0.25) is 5.02 Å². The highest BCUT2D eigenvalue weighted by Crippen LogP contribution is 2.41. The summed E-state index contributed by atoms with van der Waals surface area (Å²) < 4.78 is 0. The van der Waals surface area contributed by atoms with Crippen LogP contribution in [-0.4, -0.2) is 26.2 Å². The van der Waals surface area contributed by atoms with Gasteiger partial charge in [-0.05, 0) is 68.8 Å². The average Bonchev–Trinajstić information content (AvgIpc) is 2.41. The summed E-state index contributed by atoms with van der Waals surface area (Å²) in [6.45, 7) is 6.80. The number of anilines is 1. The molecule has 2 nitrogen and oxygen atoms in total. The lowest BCUT2D eigenvalue weighted by Crippen LogP contribution is -2.45. The third kappa shape index (κ3) is 2.75. The molecule has 0 aromatic heterocycles. The average molecular weight is 279 g/mol. The Kier molecular flexibility index (Phi) is 3.72. The smallest absolute Gasteiger partial charge is 0.0642 e. The molecule has 0 amide bonds. The summed E-state index contributed by atoms with van der Waals surface area (Å²) in [5.74, 6) is 0. The number of hydrogen-bond acceptors (Lipinski definition) is 2. The summed E-state index contributed by atoms with van der Waals surface area (Å²) in [6.07, 6.45) is 5.34. The molecule has 2 heterocycles. The molecule has 2 aliphatic heterocycles. The molecule has 0 radical (unpaired) electrons. The Morgan fingerprint density at radius 3 is 2.42 bits per heavy atom. The summed E-state index contributed by atoms with van der Waals surface area (Å²) in [6, 6.07) is 6.42. The molecule has 2 saturated heterocycles. The Morgan fingerprint density at radius 2 is 1.79 bits per heavy atom. The lowest BCUT2D eigenvalue weighted by Gasteiger charge is -2.45. The molecule has 19 heavy (non-hydrogen) atoms. The van der Waals surface area contributed by atoms with Crippen molar-refractivity contribution in [1.82, 2.24) is 5.32 Å². The Bertz CT molecular complexity index is 442. The highest BCUT2D eigenvalue weighted by atomic mass is 35.5. The lowest BCUT2D eigenvalue weighted by molar-refractivity contribution is 0.155. The van der Waals surface area contributed by atoms with Crippen molar-refractivity contribution in [2.75, 3.05) is 31.1 Å². The monoisotopic (exact) mass is 278 g/mol. The van der Waals surface area contributed by atoms with Gasteiger partial charge in [-0.2, -0.15) is 0 Å². The quantitative estimate of drug-likeness (QED) is 0.844. The standard InChI is InChI=1S/C16H23ClN2/c1-13-2-3-15(14(17)12-13)19-10-6-16(7-11-19)4-8-18-9-5-16/h2-3,12,18H,4-11H2,1H3. The second kappa shape index (κ2) is 5.34. The van der Waals surface area contributed by atoms with Crippen LogP contribution in [0.15, 0.2) is 18.2 Å². The number of aryl methyl sites for hydroxylation is 1. The van der Waals surface area contributed by atoms with Gasteiger partial charge in [0, 0.05) is 13.1 Å². The van der Waals surface area contributed by atoms with Crippen LogP contribution < -0.4 is 10.2 Å². The van der Waals surface area contributed by atoms with Crippen molar-refractivity contribution < 1.29 is 0 Å². The maximum atomic E-state index is 6.39. The van der Waals surface area contributed by atoms with Gasteiger partial charge < -0.3 is 10.2 Å². The molecule has 2 aliphatic rings. The third-order valence-corrected chi connectivity index (χ3v) is 5.23. The van der Waals surface area contributed by atoms with Crippen LogP contribution in [0.5, 0.6) is 0 Å². The minimum atomic E-state index is 0.610. The fourth-order valence-electron chi connectivity index (χ4n) is 3.55. The summed E-state index contributed by atoms with van der Waals surface area (Å²) in [7, 11) is 0. The van der Waals surface area contributed by atoms with Gasteiger partial charge in [-0.1, -0.05) is 17.7 Å². The van der Waals surface area contributed by atoms with Gasteiger partial charge in [0.2, 0.25) is 0 Å². The van der Waals surface area contributed by atoms with Gasteiger partial charge >= 0.3 is 0 Å². The molecule has 3 heteroatoms. The van der Waals surface area contributed by atoms with E-state index in [9.17, 15) is 0 Å². The first-order valence-electron chi connectivity index (χ1n) is 7.40. The molecule has 0 bridgehead atoms. The molecule has 1 spiro atoms. The molecule has 2 fully saturated rings. The Labute approximate surface area is 121 Å². The summed E-state index contributed by atoms with van der Waals surface area (Å²) >= 11 is 6.39. The maximum absolute atomic E-state index is 6.39.